The van der Waals surface area contributed by atoms with Crippen LogP contribution < -0.4 is 0 Å². The normalized spacial score (nSPS) is 10.6. The molecule has 2 aromatic heterocycles. The first kappa shape index (κ1) is 13.2. The standard InChI is InChI=1S/C12H11BrN2O2S/c1-7-4-9(10-5-8(13)6-18-10)15-11(14-7)2-3-12(16)17/h4-6H,2-3H2,1H3,(H,16,17). The van der Waals surface area contributed by atoms with Crippen LogP contribution in [-0.2, 0) is 11.2 Å². The Bertz CT molecular complexity index is 583. The molecule has 0 saturated carbocycles. The molecule has 0 bridgehead atoms. The molecule has 0 atom stereocenters. The van der Waals surface area contributed by atoms with Crippen molar-refractivity contribution in [2.75, 3.05) is 0 Å². The minimum absolute atomic E-state index is 0.0526. The van der Waals surface area contributed by atoms with Gasteiger partial charge in [-0.05, 0) is 35.0 Å². The zero-order valence-corrected chi connectivity index (χ0v) is 12.1. The number of hydrogen-bond donors (Lipinski definition) is 1. The fourth-order valence-corrected chi connectivity index (χ4v) is 2.92. The zero-order chi connectivity index (χ0) is 13.1. The SMILES string of the molecule is Cc1cc(-c2cc(Br)cs2)nc(CCC(=O)O)n1. The average Bonchev–Trinajstić information content (AvgIpc) is 2.72. The molecule has 94 valence electrons. The van der Waals surface area contributed by atoms with Crippen molar-refractivity contribution in [3.05, 3.63) is 33.5 Å². The average molecular weight is 327 g/mol. The summed E-state index contributed by atoms with van der Waals surface area (Å²) in [6.45, 7) is 1.89. The second kappa shape index (κ2) is 5.58. The Morgan fingerprint density at radius 1 is 1.44 bits per heavy atom. The van der Waals surface area contributed by atoms with Gasteiger partial charge >= 0.3 is 5.97 Å². The van der Waals surface area contributed by atoms with Crippen LogP contribution in [0.2, 0.25) is 0 Å². The fraction of sp³-hybridized carbons (Fsp3) is 0.250. The Kier molecular flexibility index (Phi) is 4.08. The Labute approximate surface area is 117 Å². The predicted octanol–water partition coefficient (Wildman–Crippen LogP) is 3.29. The summed E-state index contributed by atoms with van der Waals surface area (Å²) in [6.07, 6.45) is 0.410. The van der Waals surface area contributed by atoms with Gasteiger partial charge in [-0.1, -0.05) is 0 Å². The number of halogens is 1. The highest BCUT2D eigenvalue weighted by Crippen LogP contribution is 2.28. The van der Waals surface area contributed by atoms with E-state index in [0.717, 1.165) is 20.7 Å². The molecule has 1 N–H and O–H groups in total. The summed E-state index contributed by atoms with van der Waals surface area (Å²) in [4.78, 5) is 20.3. The lowest BCUT2D eigenvalue weighted by Crippen LogP contribution is -2.03. The molecule has 0 spiro atoms. The van der Waals surface area contributed by atoms with Crippen LogP contribution in [0.15, 0.2) is 22.0 Å². The molecular weight excluding hydrogens is 316 g/mol. The maximum Gasteiger partial charge on any atom is 0.303 e. The van der Waals surface area contributed by atoms with Gasteiger partial charge in [-0.2, -0.15) is 0 Å². The van der Waals surface area contributed by atoms with Crippen LogP contribution in [0, 0.1) is 6.92 Å². The maximum absolute atomic E-state index is 10.6. The van der Waals surface area contributed by atoms with E-state index in [1.165, 1.54) is 0 Å². The van der Waals surface area contributed by atoms with Gasteiger partial charge in [-0.25, -0.2) is 9.97 Å². The summed E-state index contributed by atoms with van der Waals surface area (Å²) in [5.74, 6) is -0.252. The number of hydrogen-bond acceptors (Lipinski definition) is 4. The van der Waals surface area contributed by atoms with E-state index >= 15 is 0 Å². The van der Waals surface area contributed by atoms with Gasteiger partial charge in [-0.3, -0.25) is 4.79 Å². The van der Waals surface area contributed by atoms with Gasteiger partial charge in [-0.15, -0.1) is 11.3 Å². The number of carboxylic acid groups (broad SMARTS) is 1. The minimum atomic E-state index is -0.833. The number of aryl methyl sites for hydroxylation is 2. The zero-order valence-electron chi connectivity index (χ0n) is 9.68. The van der Waals surface area contributed by atoms with Gasteiger partial charge < -0.3 is 5.11 Å². The predicted molar refractivity (Wildman–Crippen MR) is 73.7 cm³/mol. The molecule has 2 heterocycles. The van der Waals surface area contributed by atoms with Crippen molar-refractivity contribution in [3.63, 3.8) is 0 Å². The lowest BCUT2D eigenvalue weighted by molar-refractivity contribution is -0.137. The molecule has 0 amide bonds. The molecule has 0 radical (unpaired) electrons. The van der Waals surface area contributed by atoms with Crippen molar-refractivity contribution in [1.29, 1.82) is 0 Å². The highest BCUT2D eigenvalue weighted by molar-refractivity contribution is 9.10. The molecule has 2 aromatic rings. The molecule has 0 fully saturated rings. The Morgan fingerprint density at radius 2 is 2.22 bits per heavy atom. The molecule has 0 unspecified atom stereocenters. The van der Waals surface area contributed by atoms with Crippen LogP contribution in [0.1, 0.15) is 17.9 Å². The van der Waals surface area contributed by atoms with Gasteiger partial charge in [0, 0.05) is 22.0 Å². The van der Waals surface area contributed by atoms with Crippen molar-refractivity contribution < 1.29 is 9.90 Å². The third-order valence-corrected chi connectivity index (χ3v) is 4.00. The first-order valence-electron chi connectivity index (χ1n) is 5.35. The van der Waals surface area contributed by atoms with E-state index in [4.69, 9.17) is 5.11 Å². The number of rotatable bonds is 4. The molecule has 0 aliphatic heterocycles. The number of aromatic nitrogens is 2. The number of carboxylic acids is 1. The topological polar surface area (TPSA) is 63.1 Å². The lowest BCUT2D eigenvalue weighted by Gasteiger charge is -2.03. The van der Waals surface area contributed by atoms with Gasteiger partial charge in [0.05, 0.1) is 17.0 Å². The van der Waals surface area contributed by atoms with Crippen molar-refractivity contribution in [2.45, 2.75) is 19.8 Å². The molecule has 0 aliphatic rings. The summed E-state index contributed by atoms with van der Waals surface area (Å²) in [7, 11) is 0. The van der Waals surface area contributed by atoms with Gasteiger partial charge in [0.1, 0.15) is 5.82 Å². The molecule has 18 heavy (non-hydrogen) atoms. The molecule has 6 heteroatoms. The quantitative estimate of drug-likeness (QED) is 0.936. The molecule has 2 rings (SSSR count). The van der Waals surface area contributed by atoms with Crippen LogP contribution >= 0.6 is 27.3 Å². The number of aliphatic carboxylic acids is 1. The van der Waals surface area contributed by atoms with E-state index in [-0.39, 0.29) is 6.42 Å². The molecule has 4 nitrogen and oxygen atoms in total. The van der Waals surface area contributed by atoms with Crippen molar-refractivity contribution in [2.24, 2.45) is 0 Å². The van der Waals surface area contributed by atoms with Crippen molar-refractivity contribution in [1.82, 2.24) is 9.97 Å². The number of carbonyl (C=O) groups is 1. The largest absolute Gasteiger partial charge is 0.481 e. The first-order valence-corrected chi connectivity index (χ1v) is 7.02. The van der Waals surface area contributed by atoms with E-state index in [2.05, 4.69) is 25.9 Å². The fourth-order valence-electron chi connectivity index (χ4n) is 1.53. The summed E-state index contributed by atoms with van der Waals surface area (Å²) in [5.41, 5.74) is 1.70. The van der Waals surface area contributed by atoms with Crippen LogP contribution in [0.5, 0.6) is 0 Å². The van der Waals surface area contributed by atoms with Gasteiger partial charge in [0.25, 0.3) is 0 Å². The van der Waals surface area contributed by atoms with Crippen molar-refractivity contribution in [3.8, 4) is 10.6 Å². The Balaban J connectivity index is 2.29. The third kappa shape index (κ3) is 3.36. The third-order valence-electron chi connectivity index (χ3n) is 2.28. The van der Waals surface area contributed by atoms with Gasteiger partial charge in [0.2, 0.25) is 0 Å². The van der Waals surface area contributed by atoms with E-state index in [1.54, 1.807) is 11.3 Å². The molecular formula is C12H11BrN2O2S. The summed E-state index contributed by atoms with van der Waals surface area (Å²) in [6, 6.07) is 3.90. The van der Waals surface area contributed by atoms with E-state index < -0.39 is 5.97 Å². The first-order chi connectivity index (χ1) is 8.54. The Morgan fingerprint density at radius 3 is 2.83 bits per heavy atom. The van der Waals surface area contributed by atoms with Crippen LogP contribution in [-0.4, -0.2) is 21.0 Å². The Hall–Kier alpha value is -1.27. The lowest BCUT2D eigenvalue weighted by atomic mass is 10.2. The molecule has 0 saturated heterocycles. The monoisotopic (exact) mass is 326 g/mol. The smallest absolute Gasteiger partial charge is 0.303 e. The summed E-state index contributed by atoms with van der Waals surface area (Å²) < 4.78 is 1.02. The van der Waals surface area contributed by atoms with E-state index in [0.29, 0.717) is 12.2 Å². The summed E-state index contributed by atoms with van der Waals surface area (Å²) >= 11 is 5.00. The number of thiophene rings is 1. The highest BCUT2D eigenvalue weighted by Gasteiger charge is 2.08. The van der Waals surface area contributed by atoms with Crippen molar-refractivity contribution >= 4 is 33.2 Å². The minimum Gasteiger partial charge on any atom is -0.481 e. The van der Waals surface area contributed by atoms with Crippen LogP contribution in [0.25, 0.3) is 10.6 Å². The van der Waals surface area contributed by atoms with Crippen LogP contribution in [0.3, 0.4) is 0 Å². The highest BCUT2D eigenvalue weighted by atomic mass is 79.9. The number of nitrogens with zero attached hydrogens (tertiary/aromatic N) is 2. The molecule has 0 aliphatic carbocycles. The maximum atomic E-state index is 10.6. The van der Waals surface area contributed by atoms with Crippen LogP contribution in [0.4, 0.5) is 0 Å². The van der Waals surface area contributed by atoms with E-state index in [9.17, 15) is 4.79 Å². The second-order valence-electron chi connectivity index (χ2n) is 3.83. The van der Waals surface area contributed by atoms with Gasteiger partial charge in [0.15, 0.2) is 0 Å². The molecule has 0 aromatic carbocycles. The second-order valence-corrected chi connectivity index (χ2v) is 5.66. The van der Waals surface area contributed by atoms with E-state index in [1.807, 2.05) is 24.4 Å². The summed E-state index contributed by atoms with van der Waals surface area (Å²) in [5, 5.41) is 10.7.